The number of rotatable bonds is 8. The summed E-state index contributed by atoms with van der Waals surface area (Å²) in [5, 5.41) is 14.9. The molecule has 0 aromatic heterocycles. The van der Waals surface area contributed by atoms with Gasteiger partial charge in [-0.05, 0) is 37.3 Å². The average Bonchev–Trinajstić information content (AvgIpc) is 2.66. The molecule has 0 saturated heterocycles. The van der Waals surface area contributed by atoms with Gasteiger partial charge in [0, 0.05) is 16.1 Å². The zero-order valence-electron chi connectivity index (χ0n) is 15.4. The second kappa shape index (κ2) is 10.1. The van der Waals surface area contributed by atoms with Crippen LogP contribution in [-0.2, 0) is 15.7 Å². The van der Waals surface area contributed by atoms with Crippen LogP contribution in [0.3, 0.4) is 0 Å². The number of hydrogen-bond acceptors (Lipinski definition) is 7. The number of nitrogens with one attached hydrogen (secondary N) is 1. The van der Waals surface area contributed by atoms with E-state index in [1.54, 1.807) is 25.1 Å². The van der Waals surface area contributed by atoms with Gasteiger partial charge in [0.15, 0.2) is 6.61 Å². The largest absolute Gasteiger partial charge is 0.481 e. The Hall–Kier alpha value is -3.15. The number of carbonyl (C=O) groups excluding carboxylic acids is 1. The van der Waals surface area contributed by atoms with E-state index in [0.717, 1.165) is 6.07 Å². The maximum atomic E-state index is 12.8. The van der Waals surface area contributed by atoms with Gasteiger partial charge in [-0.25, -0.2) is 4.79 Å². The molecule has 0 amide bonds. The molecule has 0 bridgehead atoms. The van der Waals surface area contributed by atoms with Crippen LogP contribution in [0.2, 0.25) is 0 Å². The van der Waals surface area contributed by atoms with Crippen LogP contribution < -0.4 is 10.2 Å². The number of esters is 1. The second-order valence-electron chi connectivity index (χ2n) is 5.63. The highest BCUT2D eigenvalue weighted by Crippen LogP contribution is 2.35. The fraction of sp³-hybridized carbons (Fsp3) is 0.222. The molecule has 0 atom stereocenters. The van der Waals surface area contributed by atoms with E-state index >= 15 is 0 Å². The summed E-state index contributed by atoms with van der Waals surface area (Å²) in [6.07, 6.45) is -3.47. The molecule has 2 aromatic rings. The van der Waals surface area contributed by atoms with Gasteiger partial charge in [-0.2, -0.15) is 18.3 Å². The van der Waals surface area contributed by atoms with E-state index in [1.165, 1.54) is 6.21 Å². The van der Waals surface area contributed by atoms with Crippen molar-refractivity contribution in [2.24, 2.45) is 5.10 Å². The summed E-state index contributed by atoms with van der Waals surface area (Å²) in [5.41, 5.74) is 0.592. The van der Waals surface area contributed by atoms with Crippen molar-refractivity contribution in [3.05, 3.63) is 62.1 Å². The molecule has 0 saturated carbocycles. The van der Waals surface area contributed by atoms with E-state index in [0.29, 0.717) is 22.2 Å². The van der Waals surface area contributed by atoms with Crippen molar-refractivity contribution in [3.8, 4) is 5.75 Å². The summed E-state index contributed by atoms with van der Waals surface area (Å²) in [6.45, 7) is 1.52. The first-order valence-corrected chi connectivity index (χ1v) is 9.13. The van der Waals surface area contributed by atoms with Gasteiger partial charge in [0.05, 0.1) is 23.3 Å². The highest BCUT2D eigenvalue weighted by atomic mass is 79.9. The van der Waals surface area contributed by atoms with Crippen LogP contribution in [0.5, 0.6) is 5.75 Å². The first kappa shape index (κ1) is 23.1. The smallest absolute Gasteiger partial charge is 0.416 e. The van der Waals surface area contributed by atoms with Gasteiger partial charge < -0.3 is 9.47 Å². The van der Waals surface area contributed by atoms with E-state index in [1.807, 2.05) is 0 Å². The van der Waals surface area contributed by atoms with Gasteiger partial charge in [-0.1, -0.05) is 15.9 Å². The summed E-state index contributed by atoms with van der Waals surface area (Å²) >= 11 is 3.27. The number of nitro benzene ring substituents is 1. The molecule has 8 nitrogen and oxygen atoms in total. The predicted molar refractivity (Wildman–Crippen MR) is 106 cm³/mol. The van der Waals surface area contributed by atoms with E-state index in [9.17, 15) is 28.1 Å². The van der Waals surface area contributed by atoms with Crippen molar-refractivity contribution in [2.45, 2.75) is 13.1 Å². The van der Waals surface area contributed by atoms with Gasteiger partial charge in [-0.3, -0.25) is 15.5 Å². The maximum Gasteiger partial charge on any atom is 0.416 e. The van der Waals surface area contributed by atoms with Crippen LogP contribution in [0.25, 0.3) is 0 Å². The molecule has 0 aliphatic heterocycles. The SMILES string of the molecule is CCOC(=O)COc1ccc(Br)cc1/C=N\Nc1ccc(C(F)(F)F)cc1[N+](=O)[O-]. The van der Waals surface area contributed by atoms with Gasteiger partial charge in [0.2, 0.25) is 0 Å². The van der Waals surface area contributed by atoms with E-state index in [4.69, 9.17) is 9.47 Å². The van der Waals surface area contributed by atoms with Crippen LogP contribution in [0, 0.1) is 10.1 Å². The molecule has 0 unspecified atom stereocenters. The molecule has 12 heteroatoms. The lowest BCUT2D eigenvalue weighted by atomic mass is 10.1. The van der Waals surface area contributed by atoms with Crippen LogP contribution >= 0.6 is 15.9 Å². The second-order valence-corrected chi connectivity index (χ2v) is 6.55. The number of hydrazone groups is 1. The van der Waals surface area contributed by atoms with Crippen molar-refractivity contribution in [3.63, 3.8) is 0 Å². The Morgan fingerprint density at radius 1 is 1.30 bits per heavy atom. The van der Waals surface area contributed by atoms with E-state index in [2.05, 4.69) is 26.5 Å². The average molecular weight is 490 g/mol. The molecule has 160 valence electrons. The number of halogens is 4. The minimum Gasteiger partial charge on any atom is -0.481 e. The van der Waals surface area contributed by atoms with Gasteiger partial charge in [0.25, 0.3) is 5.69 Å². The maximum absolute atomic E-state index is 12.8. The molecule has 0 radical (unpaired) electrons. The topological polar surface area (TPSA) is 103 Å². The Morgan fingerprint density at radius 3 is 2.67 bits per heavy atom. The first-order chi connectivity index (χ1) is 14.1. The monoisotopic (exact) mass is 489 g/mol. The van der Waals surface area contributed by atoms with Crippen molar-refractivity contribution in [2.75, 3.05) is 18.6 Å². The summed E-state index contributed by atoms with van der Waals surface area (Å²) in [6, 6.07) is 6.87. The predicted octanol–water partition coefficient (Wildman–Crippen LogP) is 4.76. The molecule has 0 aliphatic carbocycles. The zero-order chi connectivity index (χ0) is 22.3. The van der Waals surface area contributed by atoms with Gasteiger partial charge >= 0.3 is 12.1 Å². The minimum absolute atomic E-state index is 0.201. The number of nitrogens with zero attached hydrogens (tertiary/aromatic N) is 2. The standard InChI is InChI=1S/C18H15BrF3N3O5/c1-2-29-17(26)10-30-16-6-4-13(19)7-11(16)9-23-24-14-5-3-12(18(20,21)22)8-15(14)25(27)28/h3-9,24H,2,10H2,1H3/b23-9-. The van der Waals surface area contributed by atoms with E-state index in [-0.39, 0.29) is 24.7 Å². The van der Waals surface area contributed by atoms with Crippen LogP contribution in [0.4, 0.5) is 24.5 Å². The highest BCUT2D eigenvalue weighted by molar-refractivity contribution is 9.10. The van der Waals surface area contributed by atoms with Crippen LogP contribution in [0.1, 0.15) is 18.1 Å². The lowest BCUT2D eigenvalue weighted by molar-refractivity contribution is -0.384. The zero-order valence-corrected chi connectivity index (χ0v) is 17.0. The van der Waals surface area contributed by atoms with Crippen molar-refractivity contribution >= 4 is 39.5 Å². The quantitative estimate of drug-likeness (QED) is 0.248. The molecule has 30 heavy (non-hydrogen) atoms. The van der Waals surface area contributed by atoms with Gasteiger partial charge in [0.1, 0.15) is 11.4 Å². The number of carbonyl (C=O) groups is 1. The van der Waals surface area contributed by atoms with Gasteiger partial charge in [-0.15, -0.1) is 0 Å². The molecule has 1 N–H and O–H groups in total. The van der Waals surface area contributed by atoms with Crippen LogP contribution in [-0.4, -0.2) is 30.3 Å². The molecular weight excluding hydrogens is 475 g/mol. The lowest BCUT2D eigenvalue weighted by Crippen LogP contribution is -2.15. The highest BCUT2D eigenvalue weighted by Gasteiger charge is 2.33. The summed E-state index contributed by atoms with van der Waals surface area (Å²) < 4.78 is 49.1. The molecule has 2 aromatic carbocycles. The fourth-order valence-corrected chi connectivity index (χ4v) is 2.59. The summed E-state index contributed by atoms with van der Waals surface area (Å²) in [4.78, 5) is 21.6. The molecule has 0 aliphatic rings. The molecule has 0 spiro atoms. The Balaban J connectivity index is 2.21. The third-order valence-electron chi connectivity index (χ3n) is 3.53. The van der Waals surface area contributed by atoms with Crippen molar-refractivity contribution in [1.29, 1.82) is 0 Å². The molecule has 0 heterocycles. The minimum atomic E-state index is -4.71. The Morgan fingerprint density at radius 2 is 2.03 bits per heavy atom. The normalized spacial score (nSPS) is 11.4. The lowest BCUT2D eigenvalue weighted by Gasteiger charge is -2.10. The fourth-order valence-electron chi connectivity index (χ4n) is 2.22. The third kappa shape index (κ3) is 6.44. The molecule has 2 rings (SSSR count). The summed E-state index contributed by atoms with van der Waals surface area (Å²) in [5.74, 6) is -0.291. The Kier molecular flexibility index (Phi) is 7.75. The number of benzene rings is 2. The van der Waals surface area contributed by atoms with Crippen molar-refractivity contribution < 1.29 is 32.4 Å². The van der Waals surface area contributed by atoms with Crippen molar-refractivity contribution in [1.82, 2.24) is 0 Å². The summed E-state index contributed by atoms with van der Waals surface area (Å²) in [7, 11) is 0. The number of anilines is 1. The Labute approximate surface area is 176 Å². The number of ether oxygens (including phenoxy) is 2. The number of nitro groups is 1. The first-order valence-electron chi connectivity index (χ1n) is 8.34. The Bertz CT molecular complexity index is 967. The number of alkyl halides is 3. The van der Waals surface area contributed by atoms with Crippen LogP contribution in [0.15, 0.2) is 46.0 Å². The third-order valence-corrected chi connectivity index (χ3v) is 4.03. The molecular formula is C18H15BrF3N3O5. The number of hydrogen-bond donors (Lipinski definition) is 1. The van der Waals surface area contributed by atoms with E-state index < -0.39 is 28.3 Å². The molecule has 0 fully saturated rings.